The molecular formula is C17H16N6OS2. The van der Waals surface area contributed by atoms with Crippen LogP contribution >= 0.6 is 22.7 Å². The third kappa shape index (κ3) is 5.04. The minimum Gasteiger partial charge on any atom is -0.278 e. The molecule has 2 heterocycles. The number of amides is 1. The smallest absolute Gasteiger partial charge is 0.271 e. The predicted molar refractivity (Wildman–Crippen MR) is 106 cm³/mol. The number of rotatable bonds is 6. The monoisotopic (exact) mass is 384 g/mol. The topological polar surface area (TPSA) is 91.6 Å². The van der Waals surface area contributed by atoms with E-state index in [4.69, 9.17) is 0 Å². The summed E-state index contributed by atoms with van der Waals surface area (Å²) in [7, 11) is 0. The van der Waals surface area contributed by atoms with Crippen molar-refractivity contribution < 1.29 is 4.79 Å². The molecule has 0 aliphatic heterocycles. The number of hydrazone groups is 2. The SMILES string of the molecule is Cc1nc(/C=N/NC(=O)c2ccc(N/N=C/c3csc(C)n3)cc2)cs1. The summed E-state index contributed by atoms with van der Waals surface area (Å²) in [4.78, 5) is 20.6. The molecule has 0 fully saturated rings. The van der Waals surface area contributed by atoms with E-state index in [1.807, 2.05) is 24.6 Å². The molecule has 1 amide bonds. The van der Waals surface area contributed by atoms with Gasteiger partial charge in [0.25, 0.3) is 5.91 Å². The second-order valence-electron chi connectivity index (χ2n) is 5.23. The molecule has 26 heavy (non-hydrogen) atoms. The Morgan fingerprint density at radius 2 is 1.54 bits per heavy atom. The first-order chi connectivity index (χ1) is 12.6. The highest BCUT2D eigenvalue weighted by molar-refractivity contribution is 7.10. The van der Waals surface area contributed by atoms with Crippen LogP contribution in [0.4, 0.5) is 5.69 Å². The van der Waals surface area contributed by atoms with Crippen molar-refractivity contribution in [2.45, 2.75) is 13.8 Å². The van der Waals surface area contributed by atoms with Crippen LogP contribution in [-0.2, 0) is 0 Å². The molecular weight excluding hydrogens is 368 g/mol. The van der Waals surface area contributed by atoms with Crippen LogP contribution in [0.15, 0.2) is 45.2 Å². The number of benzene rings is 1. The van der Waals surface area contributed by atoms with Gasteiger partial charge < -0.3 is 0 Å². The van der Waals surface area contributed by atoms with Crippen LogP contribution in [0.5, 0.6) is 0 Å². The maximum Gasteiger partial charge on any atom is 0.271 e. The highest BCUT2D eigenvalue weighted by Crippen LogP contribution is 2.10. The van der Waals surface area contributed by atoms with Gasteiger partial charge in [-0.3, -0.25) is 10.2 Å². The zero-order valence-electron chi connectivity index (χ0n) is 14.1. The molecule has 0 saturated carbocycles. The fourth-order valence-corrected chi connectivity index (χ4v) is 3.10. The molecule has 0 aliphatic carbocycles. The highest BCUT2D eigenvalue weighted by Gasteiger charge is 2.04. The summed E-state index contributed by atoms with van der Waals surface area (Å²) in [6.45, 7) is 3.86. The van der Waals surface area contributed by atoms with Crippen molar-refractivity contribution in [3.63, 3.8) is 0 Å². The number of hydrogen-bond donors (Lipinski definition) is 2. The molecule has 1 aromatic carbocycles. The Morgan fingerprint density at radius 3 is 2.08 bits per heavy atom. The third-order valence-electron chi connectivity index (χ3n) is 3.17. The van der Waals surface area contributed by atoms with Crippen LogP contribution in [0.25, 0.3) is 0 Å². The number of nitrogens with one attached hydrogen (secondary N) is 2. The first-order valence-electron chi connectivity index (χ1n) is 7.67. The zero-order valence-corrected chi connectivity index (χ0v) is 15.8. The van der Waals surface area contributed by atoms with Gasteiger partial charge in [0.15, 0.2) is 0 Å². The largest absolute Gasteiger partial charge is 0.278 e. The number of anilines is 1. The molecule has 7 nitrogen and oxygen atoms in total. The van der Waals surface area contributed by atoms with Crippen molar-refractivity contribution in [2.75, 3.05) is 5.43 Å². The molecule has 0 aliphatic rings. The van der Waals surface area contributed by atoms with E-state index < -0.39 is 0 Å². The maximum atomic E-state index is 12.1. The fourth-order valence-electron chi connectivity index (χ4n) is 1.97. The number of nitrogens with zero attached hydrogens (tertiary/aromatic N) is 4. The molecule has 132 valence electrons. The molecule has 9 heteroatoms. The Bertz CT molecular complexity index is 942. The standard InChI is InChI=1S/C17H16N6OS2/c1-11-20-15(9-25-11)7-18-22-14-5-3-13(4-6-14)17(24)23-19-8-16-10-26-12(2)21-16/h3-10,22H,1-2H3,(H,23,24)/b18-7+,19-8+. The van der Waals surface area contributed by atoms with Crippen molar-refractivity contribution in [2.24, 2.45) is 10.2 Å². The minimum atomic E-state index is -0.291. The Morgan fingerprint density at radius 1 is 0.962 bits per heavy atom. The number of aromatic nitrogens is 2. The predicted octanol–water partition coefficient (Wildman–Crippen LogP) is 3.43. The molecule has 0 bridgehead atoms. The molecule has 3 aromatic rings. The van der Waals surface area contributed by atoms with Crippen molar-refractivity contribution in [1.29, 1.82) is 0 Å². The first-order valence-corrected chi connectivity index (χ1v) is 9.43. The van der Waals surface area contributed by atoms with Gasteiger partial charge in [0.1, 0.15) is 0 Å². The maximum absolute atomic E-state index is 12.1. The summed E-state index contributed by atoms with van der Waals surface area (Å²) in [6.07, 6.45) is 3.17. The molecule has 0 radical (unpaired) electrons. The van der Waals surface area contributed by atoms with Gasteiger partial charge in [-0.15, -0.1) is 22.7 Å². The van der Waals surface area contributed by atoms with E-state index in [1.165, 1.54) is 17.6 Å². The lowest BCUT2D eigenvalue weighted by Gasteiger charge is -2.02. The van der Waals surface area contributed by atoms with E-state index in [9.17, 15) is 4.79 Å². The van der Waals surface area contributed by atoms with Crippen LogP contribution in [0, 0.1) is 13.8 Å². The van der Waals surface area contributed by atoms with Crippen LogP contribution in [0.2, 0.25) is 0 Å². The van der Waals surface area contributed by atoms with E-state index in [2.05, 4.69) is 31.0 Å². The van der Waals surface area contributed by atoms with Crippen molar-refractivity contribution in [3.05, 3.63) is 62.0 Å². The lowest BCUT2D eigenvalue weighted by Crippen LogP contribution is -2.17. The Hall–Kier alpha value is -2.91. The van der Waals surface area contributed by atoms with E-state index in [0.717, 1.165) is 27.1 Å². The number of hydrogen-bond acceptors (Lipinski definition) is 8. The van der Waals surface area contributed by atoms with E-state index in [-0.39, 0.29) is 5.91 Å². The summed E-state index contributed by atoms with van der Waals surface area (Å²) >= 11 is 3.10. The number of carbonyl (C=O) groups excluding carboxylic acids is 1. The normalized spacial score (nSPS) is 11.3. The summed E-state index contributed by atoms with van der Waals surface area (Å²) in [5.74, 6) is -0.291. The average Bonchev–Trinajstić information content (AvgIpc) is 3.23. The van der Waals surface area contributed by atoms with Crippen molar-refractivity contribution in [1.82, 2.24) is 15.4 Å². The van der Waals surface area contributed by atoms with Gasteiger partial charge in [-0.25, -0.2) is 15.4 Å². The second kappa shape index (κ2) is 8.45. The zero-order chi connectivity index (χ0) is 18.4. The van der Waals surface area contributed by atoms with Crippen molar-refractivity contribution in [3.8, 4) is 0 Å². The molecule has 0 saturated heterocycles. The number of aryl methyl sites for hydroxylation is 2. The number of carbonyl (C=O) groups is 1. The highest BCUT2D eigenvalue weighted by atomic mass is 32.1. The minimum absolute atomic E-state index is 0.291. The van der Waals surface area contributed by atoms with E-state index in [0.29, 0.717) is 5.56 Å². The summed E-state index contributed by atoms with van der Waals surface area (Å²) < 4.78 is 0. The Labute approximate surface area is 158 Å². The third-order valence-corrected chi connectivity index (χ3v) is 4.76. The van der Waals surface area contributed by atoms with Gasteiger partial charge >= 0.3 is 0 Å². The lowest BCUT2D eigenvalue weighted by molar-refractivity contribution is 0.0955. The molecule has 2 N–H and O–H groups in total. The second-order valence-corrected chi connectivity index (χ2v) is 7.35. The molecule has 0 unspecified atom stereocenters. The Kier molecular flexibility index (Phi) is 5.82. The van der Waals surface area contributed by atoms with Gasteiger partial charge in [0.2, 0.25) is 0 Å². The van der Waals surface area contributed by atoms with Gasteiger partial charge in [-0.2, -0.15) is 10.2 Å². The summed E-state index contributed by atoms with van der Waals surface area (Å²) in [5.41, 5.74) is 8.19. The van der Waals surface area contributed by atoms with E-state index >= 15 is 0 Å². The van der Waals surface area contributed by atoms with Crippen LogP contribution in [-0.4, -0.2) is 28.3 Å². The summed E-state index contributed by atoms with van der Waals surface area (Å²) in [6, 6.07) is 6.93. The molecule has 0 spiro atoms. The molecule has 2 aromatic heterocycles. The quantitative estimate of drug-likeness (QED) is 0.503. The van der Waals surface area contributed by atoms with E-state index in [1.54, 1.807) is 41.8 Å². The fraction of sp³-hybridized carbons (Fsp3) is 0.118. The number of thiazole rings is 2. The van der Waals surface area contributed by atoms with Crippen LogP contribution in [0.3, 0.4) is 0 Å². The first kappa shape index (κ1) is 17.9. The van der Waals surface area contributed by atoms with Gasteiger partial charge in [0.05, 0.1) is 39.5 Å². The average molecular weight is 384 g/mol. The van der Waals surface area contributed by atoms with Gasteiger partial charge in [-0.1, -0.05) is 0 Å². The summed E-state index contributed by atoms with van der Waals surface area (Å²) in [5, 5.41) is 13.8. The van der Waals surface area contributed by atoms with Crippen LogP contribution < -0.4 is 10.9 Å². The lowest BCUT2D eigenvalue weighted by atomic mass is 10.2. The molecule has 0 atom stereocenters. The van der Waals surface area contributed by atoms with Crippen molar-refractivity contribution >= 4 is 46.7 Å². The van der Waals surface area contributed by atoms with Crippen LogP contribution in [0.1, 0.15) is 31.8 Å². The van der Waals surface area contributed by atoms with Gasteiger partial charge in [0, 0.05) is 16.3 Å². The van der Waals surface area contributed by atoms with Gasteiger partial charge in [-0.05, 0) is 38.1 Å². The Balaban J connectivity index is 1.52. The molecule has 3 rings (SSSR count).